The monoisotopic (exact) mass is 665 g/mol. The number of pyridine rings is 1. The van der Waals surface area contributed by atoms with Crippen molar-refractivity contribution in [3.63, 3.8) is 0 Å². The van der Waals surface area contributed by atoms with Crippen LogP contribution in [0.1, 0.15) is 22.8 Å². The van der Waals surface area contributed by atoms with Crippen molar-refractivity contribution in [2.75, 3.05) is 13.2 Å². The standard InChI is InChI=1S/C21H26N6O15P2/c22-17(32)9-2-1-3-26(4-9)20-15(31)16(10(5-28)39-20)41-44(36,37)42-43(34,35)38-6-11-13(29)14(30)21(40-11)27-8-25-12-18(27)23-7-24-19(12)33/h1-4,7-8,10-11,13-16,20-21,28-31H,5-6H2,(H4-,22,23,24,32,33,34,35,36,37)/p+1/t10-,11-,13-,14-,15-,16-,20-,21-/m1/s1. The summed E-state index contributed by atoms with van der Waals surface area (Å²) in [6, 6.07) is 2.78. The minimum Gasteiger partial charge on any atom is -0.394 e. The van der Waals surface area contributed by atoms with E-state index >= 15 is 0 Å². The number of aliphatic hydroxyl groups excluding tert-OH is 4. The van der Waals surface area contributed by atoms with Gasteiger partial charge in [-0.1, -0.05) is 0 Å². The lowest BCUT2D eigenvalue weighted by atomic mass is 10.1. The molecule has 0 radical (unpaired) electrons. The Morgan fingerprint density at radius 1 is 1.11 bits per heavy atom. The van der Waals surface area contributed by atoms with E-state index in [4.69, 9.17) is 24.3 Å². The molecule has 10 atom stereocenters. The highest BCUT2D eigenvalue weighted by Crippen LogP contribution is 2.62. The van der Waals surface area contributed by atoms with Gasteiger partial charge < -0.3 is 50.4 Å². The number of imidazole rings is 1. The molecule has 21 nitrogen and oxygen atoms in total. The summed E-state index contributed by atoms with van der Waals surface area (Å²) in [7, 11) is -11.0. The molecule has 0 spiro atoms. The first-order valence-corrected chi connectivity index (χ1v) is 15.6. The fraction of sp³-hybridized carbons (Fsp3) is 0.476. The molecular formula is C21H27N6O15P2+. The first-order chi connectivity index (χ1) is 20.7. The van der Waals surface area contributed by atoms with E-state index in [1.165, 1.54) is 29.1 Å². The van der Waals surface area contributed by atoms with Gasteiger partial charge in [-0.2, -0.15) is 8.88 Å². The Kier molecular flexibility index (Phi) is 9.13. The highest BCUT2D eigenvalue weighted by Gasteiger charge is 2.53. The van der Waals surface area contributed by atoms with E-state index < -0.39 is 89.4 Å². The molecule has 23 heteroatoms. The molecule has 2 saturated heterocycles. The average Bonchev–Trinajstić information content (AvgIpc) is 3.61. The van der Waals surface area contributed by atoms with Crippen molar-refractivity contribution in [3.8, 4) is 0 Å². The molecule has 2 aliphatic heterocycles. The van der Waals surface area contributed by atoms with Crippen molar-refractivity contribution in [1.29, 1.82) is 0 Å². The van der Waals surface area contributed by atoms with E-state index in [1.807, 2.05) is 0 Å². The van der Waals surface area contributed by atoms with Crippen LogP contribution < -0.4 is 15.9 Å². The highest BCUT2D eigenvalue weighted by molar-refractivity contribution is 7.61. The number of phosphoric acid groups is 2. The van der Waals surface area contributed by atoms with E-state index in [0.717, 1.165) is 17.2 Å². The van der Waals surface area contributed by atoms with Crippen LogP contribution in [0.4, 0.5) is 0 Å². The van der Waals surface area contributed by atoms with Gasteiger partial charge >= 0.3 is 15.6 Å². The van der Waals surface area contributed by atoms with Gasteiger partial charge in [0.25, 0.3) is 17.7 Å². The minimum absolute atomic E-state index is 0.00146. The number of phosphoric ester groups is 2. The van der Waals surface area contributed by atoms with Crippen LogP contribution in [0, 0.1) is 0 Å². The molecule has 0 bridgehead atoms. The molecule has 0 aromatic carbocycles. The van der Waals surface area contributed by atoms with E-state index in [1.54, 1.807) is 0 Å². The van der Waals surface area contributed by atoms with Gasteiger partial charge in [0, 0.05) is 6.07 Å². The number of fused-ring (bicyclic) bond motifs is 1. The second kappa shape index (κ2) is 12.4. The second-order valence-corrected chi connectivity index (χ2v) is 12.6. The Morgan fingerprint density at radius 2 is 1.86 bits per heavy atom. The maximum absolute atomic E-state index is 12.7. The topological polar surface area (TPSA) is 312 Å². The third-order valence-electron chi connectivity index (χ3n) is 6.73. The molecule has 44 heavy (non-hydrogen) atoms. The smallest absolute Gasteiger partial charge is 0.394 e. The molecule has 2 aliphatic rings. The summed E-state index contributed by atoms with van der Waals surface area (Å²) in [6.45, 7) is -1.79. The molecule has 9 N–H and O–H groups in total. The summed E-state index contributed by atoms with van der Waals surface area (Å²) >= 11 is 0. The first-order valence-electron chi connectivity index (χ1n) is 12.6. The number of nitrogens with two attached hydrogens (primary N) is 1. The number of nitrogens with one attached hydrogen (secondary N) is 1. The van der Waals surface area contributed by atoms with Crippen LogP contribution in [0.2, 0.25) is 0 Å². The quantitative estimate of drug-likeness (QED) is 0.0734. The van der Waals surface area contributed by atoms with Gasteiger partial charge in [-0.05, 0) is 6.07 Å². The molecule has 2 fully saturated rings. The average molecular weight is 665 g/mol. The lowest BCUT2D eigenvalue weighted by Crippen LogP contribution is -2.46. The largest absolute Gasteiger partial charge is 0.481 e. The number of H-pyrrole nitrogens is 1. The Bertz CT molecular complexity index is 1690. The van der Waals surface area contributed by atoms with Crippen molar-refractivity contribution in [1.82, 2.24) is 19.5 Å². The van der Waals surface area contributed by atoms with Gasteiger partial charge in [0.2, 0.25) is 0 Å². The molecule has 2 unspecified atom stereocenters. The predicted octanol–water partition coefficient (Wildman–Crippen LogP) is -3.30. The maximum Gasteiger partial charge on any atom is 0.481 e. The molecule has 240 valence electrons. The van der Waals surface area contributed by atoms with E-state index in [9.17, 15) is 48.9 Å². The summed E-state index contributed by atoms with van der Waals surface area (Å²) in [4.78, 5) is 53.9. The molecule has 3 aromatic heterocycles. The predicted molar refractivity (Wildman–Crippen MR) is 138 cm³/mol. The van der Waals surface area contributed by atoms with Crippen LogP contribution in [-0.2, 0) is 32.0 Å². The number of amides is 1. The maximum atomic E-state index is 12.7. The van der Waals surface area contributed by atoms with Crippen molar-refractivity contribution in [2.45, 2.75) is 49.1 Å². The van der Waals surface area contributed by atoms with Gasteiger partial charge in [-0.25, -0.2) is 19.1 Å². The van der Waals surface area contributed by atoms with Gasteiger partial charge in [0.05, 0.1) is 25.9 Å². The number of rotatable bonds is 11. The lowest BCUT2D eigenvalue weighted by Gasteiger charge is -2.23. The third-order valence-corrected chi connectivity index (χ3v) is 9.37. The van der Waals surface area contributed by atoms with Gasteiger partial charge in [0.15, 0.2) is 35.9 Å². The molecule has 1 amide bonds. The molecular weight excluding hydrogens is 638 g/mol. The van der Waals surface area contributed by atoms with Gasteiger partial charge in [0.1, 0.15) is 36.1 Å². The van der Waals surface area contributed by atoms with Crippen LogP contribution in [0.5, 0.6) is 0 Å². The van der Waals surface area contributed by atoms with Crippen molar-refractivity contribution < 1.29 is 71.5 Å². The Morgan fingerprint density at radius 3 is 2.57 bits per heavy atom. The number of hydrogen-bond acceptors (Lipinski definition) is 15. The van der Waals surface area contributed by atoms with Crippen molar-refractivity contribution in [3.05, 3.63) is 53.1 Å². The van der Waals surface area contributed by atoms with Crippen LogP contribution in [-0.4, -0.2) is 105 Å². The third kappa shape index (κ3) is 6.51. The van der Waals surface area contributed by atoms with Crippen LogP contribution in [0.25, 0.3) is 11.2 Å². The molecule has 5 heterocycles. The number of aromatic amines is 1. The first kappa shape index (κ1) is 32.4. The number of nitrogens with zero attached hydrogens (tertiary/aromatic N) is 4. The summed E-state index contributed by atoms with van der Waals surface area (Å²) in [5, 5.41) is 41.3. The summed E-state index contributed by atoms with van der Waals surface area (Å²) in [5.74, 6) is -0.797. The van der Waals surface area contributed by atoms with Crippen LogP contribution in [0.15, 0.2) is 42.0 Å². The summed E-state index contributed by atoms with van der Waals surface area (Å²) in [6.07, 6.45) is -7.78. The van der Waals surface area contributed by atoms with Crippen LogP contribution >= 0.6 is 15.6 Å². The zero-order valence-corrected chi connectivity index (χ0v) is 23.9. The van der Waals surface area contributed by atoms with Crippen LogP contribution in [0.3, 0.4) is 0 Å². The number of primary amides is 1. The zero-order valence-electron chi connectivity index (χ0n) is 22.1. The number of carbonyl (C=O) groups excluding carboxylic acids is 1. The van der Waals surface area contributed by atoms with Crippen molar-refractivity contribution >= 4 is 32.7 Å². The fourth-order valence-corrected chi connectivity index (χ4v) is 6.97. The van der Waals surface area contributed by atoms with Crippen molar-refractivity contribution in [2.24, 2.45) is 5.73 Å². The summed E-state index contributed by atoms with van der Waals surface area (Å²) in [5.41, 5.74) is 4.62. The van der Waals surface area contributed by atoms with E-state index in [2.05, 4.69) is 19.3 Å². The minimum atomic E-state index is -5.55. The zero-order chi connectivity index (χ0) is 32.0. The van der Waals surface area contributed by atoms with Gasteiger partial charge in [-0.15, -0.1) is 0 Å². The number of hydrogen-bond donors (Lipinski definition) is 8. The Labute approximate surface area is 245 Å². The van der Waals surface area contributed by atoms with E-state index in [-0.39, 0.29) is 16.7 Å². The molecule has 5 rings (SSSR count). The number of aliphatic hydroxyl groups is 4. The fourth-order valence-electron chi connectivity index (χ4n) is 4.68. The van der Waals surface area contributed by atoms with E-state index in [0.29, 0.717) is 0 Å². The lowest BCUT2D eigenvalue weighted by molar-refractivity contribution is -0.765. The Balaban J connectivity index is 1.22. The molecule has 3 aromatic rings. The Hall–Kier alpha value is -3.01. The SMILES string of the molecule is NC(=O)c1ccc[n+]([C@@H]2O[C@H](CO)[C@@H](OP(=O)(O)OP(=O)(O)OC[C@H]3O[C@@H](n4cnc5c(=O)[nH]cnc54)[C@H](O)[C@@H]3O)[C@H]2O)c1. The second-order valence-electron chi connectivity index (χ2n) is 9.63. The summed E-state index contributed by atoms with van der Waals surface area (Å²) < 4.78 is 52.4. The normalized spacial score (nSPS) is 31.6. The highest BCUT2D eigenvalue weighted by atomic mass is 31.3. The number of carbonyl (C=O) groups is 1. The molecule has 0 aliphatic carbocycles. The number of aromatic nitrogens is 5. The molecule has 0 saturated carbocycles. The number of ether oxygens (including phenoxy) is 2. The van der Waals surface area contributed by atoms with Gasteiger partial charge in [-0.3, -0.25) is 23.2 Å².